The van der Waals surface area contributed by atoms with Gasteiger partial charge in [0.1, 0.15) is 4.21 Å². The second kappa shape index (κ2) is 5.99. The number of aliphatic hydroxyl groups is 1. The fraction of sp³-hybridized carbons (Fsp3) is 0.385. The van der Waals surface area contributed by atoms with E-state index in [4.69, 9.17) is 11.6 Å². The molecule has 1 aromatic carbocycles. The van der Waals surface area contributed by atoms with Crippen molar-refractivity contribution in [3.8, 4) is 0 Å². The molecule has 1 aromatic heterocycles. The number of aliphatic hydroxyl groups excluding tert-OH is 1. The van der Waals surface area contributed by atoms with Crippen LogP contribution in [0.5, 0.6) is 0 Å². The Balaban J connectivity index is 2.39. The Morgan fingerprint density at radius 2 is 2.15 bits per heavy atom. The quantitative estimate of drug-likeness (QED) is 0.884. The van der Waals surface area contributed by atoms with Crippen molar-refractivity contribution in [2.45, 2.75) is 30.6 Å². The van der Waals surface area contributed by atoms with Gasteiger partial charge in [-0.1, -0.05) is 18.5 Å². The van der Waals surface area contributed by atoms with Crippen molar-refractivity contribution in [3.05, 3.63) is 28.8 Å². The summed E-state index contributed by atoms with van der Waals surface area (Å²) in [5.41, 5.74) is 0.686. The summed E-state index contributed by atoms with van der Waals surface area (Å²) in [7, 11) is -3.61. The molecule has 0 amide bonds. The Hall–Kier alpha value is -0.660. The molecule has 0 aliphatic carbocycles. The molecule has 0 saturated carbocycles. The van der Waals surface area contributed by atoms with E-state index in [2.05, 4.69) is 4.72 Å². The Morgan fingerprint density at radius 3 is 2.80 bits per heavy atom. The Bertz CT molecular complexity index is 725. The van der Waals surface area contributed by atoms with Crippen LogP contribution in [-0.4, -0.2) is 26.2 Å². The molecule has 7 heteroatoms. The van der Waals surface area contributed by atoms with Gasteiger partial charge in [-0.25, -0.2) is 13.1 Å². The van der Waals surface area contributed by atoms with Crippen LogP contribution in [0, 0.1) is 6.92 Å². The minimum atomic E-state index is -3.61. The molecule has 2 N–H and O–H groups in total. The third-order valence-corrected chi connectivity index (χ3v) is 6.63. The molecule has 1 unspecified atom stereocenters. The number of hydrogen-bond acceptors (Lipinski definition) is 4. The molecule has 0 aliphatic heterocycles. The average Bonchev–Trinajstić information content (AvgIpc) is 2.74. The summed E-state index contributed by atoms with van der Waals surface area (Å²) >= 11 is 7.15. The maximum atomic E-state index is 12.3. The SMILES string of the molecule is CCC(O)CNS(=O)(=O)c1sc2ccc(Cl)cc2c1C. The lowest BCUT2D eigenvalue weighted by Gasteiger charge is -2.09. The van der Waals surface area contributed by atoms with Crippen molar-refractivity contribution in [1.82, 2.24) is 4.72 Å². The largest absolute Gasteiger partial charge is 0.392 e. The minimum Gasteiger partial charge on any atom is -0.392 e. The molecule has 2 rings (SSSR count). The van der Waals surface area contributed by atoms with E-state index in [-0.39, 0.29) is 10.8 Å². The first kappa shape index (κ1) is 15.7. The Kier molecular flexibility index (Phi) is 4.71. The molecule has 0 spiro atoms. The molecular formula is C13H16ClNO3S2. The van der Waals surface area contributed by atoms with Gasteiger partial charge in [0.05, 0.1) is 6.10 Å². The Labute approximate surface area is 127 Å². The zero-order valence-corrected chi connectivity index (χ0v) is 13.6. The maximum absolute atomic E-state index is 12.3. The van der Waals surface area contributed by atoms with Crippen molar-refractivity contribution >= 4 is 43.0 Å². The zero-order valence-electron chi connectivity index (χ0n) is 11.2. The van der Waals surface area contributed by atoms with Gasteiger partial charge in [-0.3, -0.25) is 0 Å². The lowest BCUT2D eigenvalue weighted by Crippen LogP contribution is -2.31. The van der Waals surface area contributed by atoms with E-state index in [1.54, 1.807) is 26.0 Å². The molecular weight excluding hydrogens is 318 g/mol. The molecule has 0 radical (unpaired) electrons. The number of thiophene rings is 1. The monoisotopic (exact) mass is 333 g/mol. The van der Waals surface area contributed by atoms with E-state index >= 15 is 0 Å². The van der Waals surface area contributed by atoms with Crippen LogP contribution in [0.2, 0.25) is 5.02 Å². The average molecular weight is 334 g/mol. The number of rotatable bonds is 5. The summed E-state index contributed by atoms with van der Waals surface area (Å²) in [6.45, 7) is 3.58. The molecule has 0 saturated heterocycles. The third-order valence-electron chi connectivity index (χ3n) is 3.08. The van der Waals surface area contributed by atoms with E-state index in [0.717, 1.165) is 10.1 Å². The van der Waals surface area contributed by atoms with Crippen molar-refractivity contribution in [2.24, 2.45) is 0 Å². The van der Waals surface area contributed by atoms with Gasteiger partial charge in [-0.05, 0) is 42.5 Å². The highest BCUT2D eigenvalue weighted by Crippen LogP contribution is 2.35. The second-order valence-electron chi connectivity index (χ2n) is 4.57. The summed E-state index contributed by atoms with van der Waals surface area (Å²) in [4.78, 5) is 0. The molecule has 1 heterocycles. The lowest BCUT2D eigenvalue weighted by molar-refractivity contribution is 0.174. The van der Waals surface area contributed by atoms with Crippen LogP contribution in [0.3, 0.4) is 0 Å². The highest BCUT2D eigenvalue weighted by Gasteiger charge is 2.22. The van der Waals surface area contributed by atoms with Crippen molar-refractivity contribution in [1.29, 1.82) is 0 Å². The molecule has 2 aromatic rings. The first-order chi connectivity index (χ1) is 9.35. The van der Waals surface area contributed by atoms with Gasteiger partial charge in [0.25, 0.3) is 0 Å². The molecule has 0 bridgehead atoms. The third kappa shape index (κ3) is 3.15. The predicted octanol–water partition coefficient (Wildman–Crippen LogP) is 2.91. The van der Waals surface area contributed by atoms with Gasteiger partial charge < -0.3 is 5.11 Å². The summed E-state index contributed by atoms with van der Waals surface area (Å²) < 4.78 is 28.2. The molecule has 20 heavy (non-hydrogen) atoms. The van der Waals surface area contributed by atoms with Gasteiger partial charge in [-0.2, -0.15) is 0 Å². The smallest absolute Gasteiger partial charge is 0.250 e. The first-order valence-electron chi connectivity index (χ1n) is 6.21. The lowest BCUT2D eigenvalue weighted by atomic mass is 10.2. The first-order valence-corrected chi connectivity index (χ1v) is 8.89. The van der Waals surface area contributed by atoms with E-state index in [0.29, 0.717) is 17.0 Å². The van der Waals surface area contributed by atoms with E-state index in [1.807, 2.05) is 6.07 Å². The van der Waals surface area contributed by atoms with Gasteiger partial charge in [0.15, 0.2) is 0 Å². The normalized spacial score (nSPS) is 13.8. The number of aryl methyl sites for hydroxylation is 1. The van der Waals surface area contributed by atoms with E-state index < -0.39 is 16.1 Å². The van der Waals surface area contributed by atoms with Gasteiger partial charge in [0, 0.05) is 16.3 Å². The number of nitrogens with one attached hydrogen (secondary N) is 1. The van der Waals surface area contributed by atoms with Crippen molar-refractivity contribution in [3.63, 3.8) is 0 Å². The standard InChI is InChI=1S/C13H16ClNO3S2/c1-3-10(16)7-15-20(17,18)13-8(2)11-6-9(14)4-5-12(11)19-13/h4-6,10,15-16H,3,7H2,1-2H3. The summed E-state index contributed by atoms with van der Waals surface area (Å²) in [5.74, 6) is 0. The molecule has 4 nitrogen and oxygen atoms in total. The number of halogens is 1. The maximum Gasteiger partial charge on any atom is 0.250 e. The number of sulfonamides is 1. The van der Waals surface area contributed by atoms with Crippen LogP contribution in [-0.2, 0) is 10.0 Å². The van der Waals surface area contributed by atoms with Crippen LogP contribution in [0.15, 0.2) is 22.4 Å². The summed E-state index contributed by atoms with van der Waals surface area (Å²) in [6, 6.07) is 5.32. The molecule has 110 valence electrons. The number of hydrogen-bond donors (Lipinski definition) is 2. The van der Waals surface area contributed by atoms with Crippen LogP contribution in [0.1, 0.15) is 18.9 Å². The van der Waals surface area contributed by atoms with Gasteiger partial charge in [0.2, 0.25) is 10.0 Å². The fourth-order valence-electron chi connectivity index (χ4n) is 1.84. The topological polar surface area (TPSA) is 66.4 Å². The van der Waals surface area contributed by atoms with Crippen molar-refractivity contribution < 1.29 is 13.5 Å². The van der Waals surface area contributed by atoms with E-state index in [9.17, 15) is 13.5 Å². The van der Waals surface area contributed by atoms with Crippen LogP contribution in [0.25, 0.3) is 10.1 Å². The number of benzene rings is 1. The zero-order chi connectivity index (χ0) is 14.9. The number of fused-ring (bicyclic) bond motifs is 1. The highest BCUT2D eigenvalue weighted by atomic mass is 35.5. The summed E-state index contributed by atoms with van der Waals surface area (Å²) in [6.07, 6.45) is -0.169. The van der Waals surface area contributed by atoms with Crippen LogP contribution in [0.4, 0.5) is 0 Å². The van der Waals surface area contributed by atoms with Gasteiger partial charge >= 0.3 is 0 Å². The molecule has 1 atom stereocenters. The molecule has 0 aliphatic rings. The fourth-order valence-corrected chi connectivity index (χ4v) is 4.88. The second-order valence-corrected chi connectivity index (χ2v) is 8.02. The molecule has 0 fully saturated rings. The summed E-state index contributed by atoms with van der Waals surface area (Å²) in [5, 5.41) is 10.9. The van der Waals surface area contributed by atoms with E-state index in [1.165, 1.54) is 11.3 Å². The minimum absolute atomic E-state index is 0.0211. The van der Waals surface area contributed by atoms with Crippen LogP contribution >= 0.6 is 22.9 Å². The predicted molar refractivity (Wildman–Crippen MR) is 83.1 cm³/mol. The Morgan fingerprint density at radius 1 is 1.45 bits per heavy atom. The van der Waals surface area contributed by atoms with Gasteiger partial charge in [-0.15, -0.1) is 11.3 Å². The highest BCUT2D eigenvalue weighted by molar-refractivity contribution is 7.91. The van der Waals surface area contributed by atoms with Crippen molar-refractivity contribution in [2.75, 3.05) is 6.54 Å². The van der Waals surface area contributed by atoms with Crippen LogP contribution < -0.4 is 4.72 Å².